The zero-order chi connectivity index (χ0) is 101. The molecule has 39 nitrogen and oxygen atoms in total. The van der Waals surface area contributed by atoms with Crippen LogP contribution in [0.2, 0.25) is 0 Å². The summed E-state index contributed by atoms with van der Waals surface area (Å²) in [5, 5.41) is 87.8. The number of hydroxylamine groups is 3. The molecule has 0 aliphatic carbocycles. The molecular weight excluding hydrogens is 2090 g/mol. The minimum absolute atomic E-state index is 0. The van der Waals surface area contributed by atoms with Gasteiger partial charge in [-0.3, -0.25) is 84.7 Å². The van der Waals surface area contributed by atoms with Crippen molar-refractivity contribution in [1.82, 2.24) is 10.5 Å². The summed E-state index contributed by atoms with van der Waals surface area (Å²) in [6, 6.07) is 54.5. The Balaban J connectivity index is 0.00000150. The van der Waals surface area contributed by atoms with Crippen LogP contribution in [-0.2, 0) is 38.3 Å². The molecular formula is C85H98Br4ClFLiN15O24S3. The molecule has 3 aromatic heterocycles. The van der Waals surface area contributed by atoms with Crippen LogP contribution in [0.4, 0.5) is 72.6 Å². The number of methoxy groups -OCH3 is 2. The number of Topliss-reactive ketones (excluding diaryl/α,β-unsaturated/α-hetero) is 1. The molecule has 0 radical (unpaired) electrons. The van der Waals surface area contributed by atoms with Gasteiger partial charge in [0.1, 0.15) is 44.9 Å². The van der Waals surface area contributed by atoms with E-state index in [1.54, 1.807) is 165 Å². The number of benzene rings is 7. The minimum atomic E-state index is -1.26. The van der Waals surface area contributed by atoms with Gasteiger partial charge in [-0.1, -0.05) is 72.8 Å². The van der Waals surface area contributed by atoms with Crippen molar-refractivity contribution in [3.05, 3.63) is 303 Å². The Bertz CT molecular complexity index is 5600. The molecule has 0 bridgehead atoms. The summed E-state index contributed by atoms with van der Waals surface area (Å²) in [4.78, 5) is 144. The molecule has 10 aromatic rings. The zero-order valence-corrected chi connectivity index (χ0v) is 85.2. The van der Waals surface area contributed by atoms with Gasteiger partial charge in [-0.15, -0.1) is 34.0 Å². The van der Waals surface area contributed by atoms with Gasteiger partial charge < -0.3 is 57.2 Å². The Morgan fingerprint density at radius 2 is 0.843 bits per heavy atom. The molecule has 0 unspecified atom stereocenters. The fraction of sp³-hybridized carbons (Fsp3) is 0.282. The monoisotopic (exact) mass is 2190 g/mol. The average Bonchev–Trinajstić information content (AvgIpc) is 1.68. The van der Waals surface area contributed by atoms with Gasteiger partial charge in [0, 0.05) is 62.1 Å². The Labute approximate surface area is 832 Å². The first-order chi connectivity index (χ1) is 61.4. The molecule has 11 rings (SSSR count). The zero-order valence-electron chi connectivity index (χ0n) is 75.7. The van der Waals surface area contributed by atoms with Gasteiger partial charge in [0.05, 0.1) is 111 Å². The fourth-order valence-corrected chi connectivity index (χ4v) is 15.6. The Morgan fingerprint density at radius 3 is 1.16 bits per heavy atom. The summed E-state index contributed by atoms with van der Waals surface area (Å²) in [6.45, 7) is 20.2. The van der Waals surface area contributed by atoms with Gasteiger partial charge in [-0.25, -0.2) is 25.1 Å². The molecule has 1 aliphatic rings. The molecule has 10 N–H and O–H groups in total. The summed E-state index contributed by atoms with van der Waals surface area (Å²) in [5.41, 5.74) is 6.13. The second-order valence-electron chi connectivity index (χ2n) is 29.6. The van der Waals surface area contributed by atoms with Crippen LogP contribution in [0.5, 0.6) is 0 Å². The first kappa shape index (κ1) is 122. The number of amides is 1. The van der Waals surface area contributed by atoms with E-state index in [0.717, 1.165) is 41.9 Å². The predicted octanol–water partition coefficient (Wildman–Crippen LogP) is 18.4. The number of hydrogen-bond acceptors (Lipinski definition) is 34. The quantitative estimate of drug-likeness (QED) is 0.00695. The number of ether oxygens (including phenoxy) is 2. The van der Waals surface area contributed by atoms with E-state index in [4.69, 9.17) is 32.3 Å². The number of hydrogen-bond donors (Lipinski definition) is 8. The molecule has 0 fully saturated rings. The number of halogens is 6. The number of aliphatic carboxylic acids is 1. The maximum atomic E-state index is 12.5. The number of likely N-dealkylation sites (N-methyl/N-ethyl adjacent to an activating group) is 1. The maximum absolute atomic E-state index is 12.5. The van der Waals surface area contributed by atoms with Crippen molar-refractivity contribution in [3.63, 3.8) is 0 Å². The van der Waals surface area contributed by atoms with Crippen LogP contribution in [0.3, 0.4) is 0 Å². The Kier molecular flexibility index (Phi) is 52.9. The molecule has 0 saturated heterocycles. The molecule has 4 heterocycles. The van der Waals surface area contributed by atoms with Crippen LogP contribution < -0.4 is 56.7 Å². The summed E-state index contributed by atoms with van der Waals surface area (Å²) in [5.74, 6) is -3.21. The normalized spacial score (nSPS) is 11.1. The van der Waals surface area contributed by atoms with Gasteiger partial charge in [0.25, 0.3) is 39.6 Å². The second-order valence-corrected chi connectivity index (χ2v) is 38.7. The largest absolute Gasteiger partial charge is 1.00 e. The molecule has 0 spiro atoms. The van der Waals surface area contributed by atoms with Gasteiger partial charge in [-0.05, 0) is 249 Å². The predicted molar refractivity (Wildman–Crippen MR) is 526 cm³/mol. The van der Waals surface area contributed by atoms with Crippen molar-refractivity contribution in [2.75, 3.05) is 69.1 Å². The number of nitrogens with one attached hydrogen (secondary N) is 6. The van der Waals surface area contributed by atoms with E-state index in [0.29, 0.717) is 10.6 Å². The fourth-order valence-electron chi connectivity index (χ4n) is 10.00. The van der Waals surface area contributed by atoms with E-state index in [1.165, 1.54) is 139 Å². The molecule has 718 valence electrons. The van der Waals surface area contributed by atoms with Crippen LogP contribution in [0, 0.1) is 66.5 Å². The molecule has 1 amide bonds. The SMILES string of the molecule is Brc1ccc(Br)s1.CC(C)(Nc1ccccc1[N+](=O)[O-])C(=O)O.CC(C)(Nc1ccccc1[N+](=O)[O-])C(=O)c1ccc(Br)s1.CC1(C)Nc2ccccc2N=C1c1ccc(Br)s1.CNOC.COC(=O)C(C)(C)N.COC(=O)C(C)(C)Nc1ccccc1[N+](=O)[O-].CON(C)C(=O)C(C)(C)Nc1ccccc1[N+](=O)[O-].O=C(Cl)c1ccc([N+](=O)[O-])cc1.O=[N+]([O-])c1ccccc1F.[Li+].[OH-]. The number of rotatable bonds is 24. The van der Waals surface area contributed by atoms with Crippen LogP contribution in [0.1, 0.15) is 108 Å². The van der Waals surface area contributed by atoms with Crippen LogP contribution in [0.15, 0.2) is 226 Å². The number of carboxylic acids is 1. The van der Waals surface area contributed by atoms with Crippen LogP contribution in [0.25, 0.3) is 0 Å². The summed E-state index contributed by atoms with van der Waals surface area (Å²) in [6.07, 6.45) is 0. The number of non-ortho nitro benzene ring substituents is 1. The minimum Gasteiger partial charge on any atom is -0.870 e. The second kappa shape index (κ2) is 57.9. The summed E-state index contributed by atoms with van der Waals surface area (Å²) >= 11 is 23.3. The number of aliphatic imine (C=N–C) groups is 1. The van der Waals surface area contributed by atoms with Crippen molar-refractivity contribution < 1.29 is 111 Å². The van der Waals surface area contributed by atoms with E-state index in [2.05, 4.69) is 142 Å². The third-order valence-electron chi connectivity index (χ3n) is 16.7. The van der Waals surface area contributed by atoms with Gasteiger partial charge in [-0.2, -0.15) is 4.39 Å². The van der Waals surface area contributed by atoms with Crippen molar-refractivity contribution in [2.24, 2.45) is 10.7 Å². The van der Waals surface area contributed by atoms with Gasteiger partial charge in [0.2, 0.25) is 5.82 Å². The molecule has 49 heteroatoms. The first-order valence-corrected chi connectivity index (χ1v) is 43.9. The average molecular weight is 2190 g/mol. The Hall–Kier alpha value is -11.5. The number of para-hydroxylation sites is 11. The van der Waals surface area contributed by atoms with E-state index >= 15 is 0 Å². The molecule has 7 aromatic carbocycles. The topological polar surface area (TPSA) is 562 Å². The van der Waals surface area contributed by atoms with E-state index in [-0.39, 0.29) is 92.6 Å². The van der Waals surface area contributed by atoms with Crippen molar-refractivity contribution in [1.29, 1.82) is 0 Å². The van der Waals surface area contributed by atoms with Crippen molar-refractivity contribution >= 4 is 218 Å². The van der Waals surface area contributed by atoms with Crippen molar-refractivity contribution in [2.45, 2.75) is 116 Å². The Morgan fingerprint density at radius 1 is 0.493 bits per heavy atom. The summed E-state index contributed by atoms with van der Waals surface area (Å²) in [7, 11) is 8.71. The number of ketones is 1. The number of nitrogens with zero attached hydrogens (tertiary/aromatic N) is 8. The van der Waals surface area contributed by atoms with Crippen molar-refractivity contribution in [3.8, 4) is 0 Å². The third kappa shape index (κ3) is 41.5. The molecule has 0 atom stereocenters. The molecule has 0 saturated carbocycles. The maximum Gasteiger partial charge on any atom is 1.00 e. The van der Waals surface area contributed by atoms with Crippen LogP contribution in [-0.4, -0.2) is 162 Å². The van der Waals surface area contributed by atoms with Gasteiger partial charge >= 0.3 is 42.5 Å². The molecule has 134 heavy (non-hydrogen) atoms. The van der Waals surface area contributed by atoms with E-state index < -0.39 is 91.9 Å². The third-order valence-corrected chi connectivity index (χ3v) is 22.3. The summed E-state index contributed by atoms with van der Waals surface area (Å²) < 4.78 is 25.7. The van der Waals surface area contributed by atoms with E-state index in [1.807, 2.05) is 30.3 Å². The first-order valence-electron chi connectivity index (χ1n) is 37.9. The number of carboxylic acid groups (broad SMARTS) is 1. The number of esters is 2. The number of nitro groups is 6. The number of thiophene rings is 3. The van der Waals surface area contributed by atoms with Gasteiger partial charge in [0.15, 0.2) is 5.78 Å². The number of carbonyl (C=O) groups is 6. The molecule has 1 aliphatic heterocycles. The number of nitrogens with two attached hydrogens (primary N) is 1. The number of nitro benzene ring substituents is 6. The van der Waals surface area contributed by atoms with E-state index in [9.17, 15) is 93.8 Å². The standard InChI is InChI=1S/C14H13BrN2O3S.C14H13BrN2S.C12H17N3O4.C11H14N2O4.C10H12N2O4.C7H4ClNO3.C6H4FNO2.C5H11NO2.C4H2Br2S.C2H7NO.Li.H2O/c1-14(2,13(18)11-7-8-12(15)21-11)16-9-5-3-4-6-10(9)17(19)20;1-14(2)13(11-7-8-12(15)18-11)16-9-5-3-4-6-10(9)17-14;1-12(2,11(16)14(3)19-4)13-9-7-5-6-8-10(9)15(17)18;1-11(2,10(14)17-3)12-8-6-4-5-7-9(8)13(15)16;1-10(2,9(13)14)11-7-5-3-4-6-8(7)12(15)16;8-7(10)5-1-3-6(4-2-5)9(11)12;7-5-3-1-2-4-6(5)8(9)10;1-5(2,6)4(7)8-3;5-3-1-2-4(6)7-3;1-3-4-2;;/h3-8,16H,1-2H3;3-8,17H,1-2H3;5-8,13H,1-4H3;4-7,12H,1-3H3;3-6,11H,1-2H3,(H,13,14);1-4H;1-4H;6H2,1-3H3;1-2H;3H,1-2H3;;1H2/q;;;;;;;;;;+1;/p-1. The smallest absolute Gasteiger partial charge is 0.870 e. The number of anilines is 5. The number of fused-ring (bicyclic) bond motifs is 1. The van der Waals surface area contributed by atoms with Crippen LogP contribution >= 0.6 is 109 Å². The number of carbonyl (C=O) groups excluding carboxylic acids is 5.